The number of benzene rings is 1. The maximum Gasteiger partial charge on any atom is 0.0907 e. The lowest BCUT2D eigenvalue weighted by atomic mass is 10.1. The smallest absolute Gasteiger partial charge is 0.0907 e. The van der Waals surface area contributed by atoms with E-state index in [-0.39, 0.29) is 0 Å². The van der Waals surface area contributed by atoms with Crippen LogP contribution in [0.25, 0.3) is 32.4 Å². The Kier molecular flexibility index (Phi) is 2.50. The van der Waals surface area contributed by atoms with Gasteiger partial charge < -0.3 is 0 Å². The highest BCUT2D eigenvalue weighted by atomic mass is 32.1. The van der Waals surface area contributed by atoms with Gasteiger partial charge in [0.15, 0.2) is 0 Å². The third-order valence-electron chi connectivity index (χ3n) is 3.30. The van der Waals surface area contributed by atoms with Crippen molar-refractivity contribution in [2.45, 2.75) is 6.92 Å². The summed E-state index contributed by atoms with van der Waals surface area (Å²) in [6.45, 7) is 2.03. The SMILES string of the molecule is Cc1nc2cc(-c3nccc4ncccc34)ccc2s1. The molecule has 0 bridgehead atoms. The summed E-state index contributed by atoms with van der Waals surface area (Å²) in [7, 11) is 0. The van der Waals surface area contributed by atoms with Crippen molar-refractivity contribution in [2.75, 3.05) is 0 Å². The molecular formula is C16H11N3S. The molecule has 3 aromatic heterocycles. The summed E-state index contributed by atoms with van der Waals surface area (Å²) in [4.78, 5) is 13.5. The quantitative estimate of drug-likeness (QED) is 0.523. The average molecular weight is 277 g/mol. The summed E-state index contributed by atoms with van der Waals surface area (Å²) in [5, 5.41) is 2.16. The van der Waals surface area contributed by atoms with Crippen molar-refractivity contribution in [3.63, 3.8) is 0 Å². The Hall–Kier alpha value is -2.33. The zero-order valence-electron chi connectivity index (χ0n) is 10.9. The first-order chi connectivity index (χ1) is 9.81. The first kappa shape index (κ1) is 11.5. The van der Waals surface area contributed by atoms with Crippen LogP contribution in [0.2, 0.25) is 0 Å². The monoisotopic (exact) mass is 277 g/mol. The van der Waals surface area contributed by atoms with Crippen LogP contribution >= 0.6 is 11.3 Å². The molecule has 1 aromatic carbocycles. The van der Waals surface area contributed by atoms with Gasteiger partial charge in [0.1, 0.15) is 0 Å². The van der Waals surface area contributed by atoms with E-state index in [1.165, 1.54) is 4.70 Å². The summed E-state index contributed by atoms with van der Waals surface area (Å²) < 4.78 is 1.21. The van der Waals surface area contributed by atoms with Gasteiger partial charge in [0, 0.05) is 23.3 Å². The fourth-order valence-electron chi connectivity index (χ4n) is 2.42. The maximum atomic E-state index is 4.55. The lowest BCUT2D eigenvalue weighted by molar-refractivity contribution is 1.32. The maximum absolute atomic E-state index is 4.55. The van der Waals surface area contributed by atoms with Gasteiger partial charge in [-0.15, -0.1) is 11.3 Å². The summed E-state index contributed by atoms with van der Waals surface area (Å²) >= 11 is 1.72. The Balaban J connectivity index is 2.00. The first-order valence-corrected chi connectivity index (χ1v) is 7.20. The molecule has 96 valence electrons. The van der Waals surface area contributed by atoms with E-state index in [1.54, 1.807) is 23.7 Å². The number of aryl methyl sites for hydroxylation is 1. The predicted molar refractivity (Wildman–Crippen MR) is 82.9 cm³/mol. The highest BCUT2D eigenvalue weighted by Gasteiger charge is 2.08. The molecule has 0 spiro atoms. The van der Waals surface area contributed by atoms with Crippen LogP contribution in [0, 0.1) is 6.92 Å². The van der Waals surface area contributed by atoms with Crippen LogP contribution in [0.3, 0.4) is 0 Å². The molecule has 0 aliphatic carbocycles. The fraction of sp³-hybridized carbons (Fsp3) is 0.0625. The molecule has 3 nitrogen and oxygen atoms in total. The number of fused-ring (bicyclic) bond motifs is 2. The van der Waals surface area contributed by atoms with Crippen LogP contribution in [-0.4, -0.2) is 15.0 Å². The fourth-order valence-corrected chi connectivity index (χ4v) is 3.23. The molecule has 0 saturated carbocycles. The number of pyridine rings is 2. The Morgan fingerprint density at radius 1 is 0.950 bits per heavy atom. The van der Waals surface area contributed by atoms with Crippen molar-refractivity contribution < 1.29 is 0 Å². The van der Waals surface area contributed by atoms with Gasteiger partial charge in [0.05, 0.1) is 26.4 Å². The third-order valence-corrected chi connectivity index (χ3v) is 4.25. The molecule has 0 aliphatic rings. The molecule has 0 saturated heterocycles. The Bertz CT molecular complexity index is 922. The molecule has 0 atom stereocenters. The van der Waals surface area contributed by atoms with Gasteiger partial charge in [-0.05, 0) is 37.3 Å². The summed E-state index contributed by atoms with van der Waals surface area (Å²) in [5.74, 6) is 0. The van der Waals surface area contributed by atoms with Crippen molar-refractivity contribution in [2.24, 2.45) is 0 Å². The zero-order valence-corrected chi connectivity index (χ0v) is 11.7. The molecule has 0 radical (unpaired) electrons. The molecular weight excluding hydrogens is 266 g/mol. The van der Waals surface area contributed by atoms with E-state index < -0.39 is 0 Å². The van der Waals surface area contributed by atoms with Gasteiger partial charge >= 0.3 is 0 Å². The second-order valence-electron chi connectivity index (χ2n) is 4.65. The minimum atomic E-state index is 0.961. The minimum Gasteiger partial charge on any atom is -0.256 e. The highest BCUT2D eigenvalue weighted by Crippen LogP contribution is 2.29. The second-order valence-corrected chi connectivity index (χ2v) is 5.88. The largest absolute Gasteiger partial charge is 0.256 e. The van der Waals surface area contributed by atoms with E-state index >= 15 is 0 Å². The standard InChI is InChI=1S/C16H11N3S/c1-10-19-14-9-11(4-5-15(14)20-10)16-12-3-2-7-17-13(12)6-8-18-16/h2-9H,1H3. The van der Waals surface area contributed by atoms with Crippen LogP contribution < -0.4 is 0 Å². The van der Waals surface area contributed by atoms with Gasteiger partial charge in [-0.2, -0.15) is 0 Å². The van der Waals surface area contributed by atoms with Crippen LogP contribution in [0.4, 0.5) is 0 Å². The predicted octanol–water partition coefficient (Wildman–Crippen LogP) is 4.21. The number of hydrogen-bond donors (Lipinski definition) is 0. The Labute approximate surface area is 120 Å². The van der Waals surface area contributed by atoms with Crippen LogP contribution in [-0.2, 0) is 0 Å². The van der Waals surface area contributed by atoms with Gasteiger partial charge in [0.2, 0.25) is 0 Å². The molecule has 0 unspecified atom stereocenters. The van der Waals surface area contributed by atoms with Crippen molar-refractivity contribution in [1.82, 2.24) is 15.0 Å². The number of nitrogens with zero attached hydrogens (tertiary/aromatic N) is 3. The number of aromatic nitrogens is 3. The first-order valence-electron chi connectivity index (χ1n) is 6.38. The van der Waals surface area contributed by atoms with Crippen molar-refractivity contribution >= 4 is 32.5 Å². The van der Waals surface area contributed by atoms with Gasteiger partial charge in [-0.3, -0.25) is 9.97 Å². The average Bonchev–Trinajstić information content (AvgIpc) is 2.85. The molecule has 0 fully saturated rings. The minimum absolute atomic E-state index is 0.961. The normalized spacial score (nSPS) is 11.2. The number of thiazole rings is 1. The summed E-state index contributed by atoms with van der Waals surface area (Å²) in [6, 6.07) is 12.3. The zero-order chi connectivity index (χ0) is 13.5. The second kappa shape index (κ2) is 4.35. The van der Waals surface area contributed by atoms with E-state index in [0.29, 0.717) is 0 Å². The molecule has 20 heavy (non-hydrogen) atoms. The van der Waals surface area contributed by atoms with E-state index in [2.05, 4.69) is 39.2 Å². The molecule has 0 N–H and O–H groups in total. The summed E-state index contributed by atoms with van der Waals surface area (Å²) in [6.07, 6.45) is 3.61. The van der Waals surface area contributed by atoms with Gasteiger partial charge in [0.25, 0.3) is 0 Å². The van der Waals surface area contributed by atoms with Crippen molar-refractivity contribution in [3.05, 3.63) is 53.8 Å². The molecule has 3 heterocycles. The van der Waals surface area contributed by atoms with Gasteiger partial charge in [-0.1, -0.05) is 6.07 Å². The highest BCUT2D eigenvalue weighted by molar-refractivity contribution is 7.18. The number of rotatable bonds is 1. The van der Waals surface area contributed by atoms with Crippen LogP contribution in [0.1, 0.15) is 5.01 Å². The van der Waals surface area contributed by atoms with E-state index in [9.17, 15) is 0 Å². The van der Waals surface area contributed by atoms with Crippen LogP contribution in [0.15, 0.2) is 48.8 Å². The molecule has 4 heteroatoms. The van der Waals surface area contributed by atoms with E-state index in [0.717, 1.165) is 32.7 Å². The lowest BCUT2D eigenvalue weighted by Gasteiger charge is -2.04. The topological polar surface area (TPSA) is 38.7 Å². The Morgan fingerprint density at radius 2 is 1.90 bits per heavy atom. The lowest BCUT2D eigenvalue weighted by Crippen LogP contribution is -1.87. The molecule has 4 aromatic rings. The van der Waals surface area contributed by atoms with Crippen molar-refractivity contribution in [1.29, 1.82) is 0 Å². The van der Waals surface area contributed by atoms with E-state index in [4.69, 9.17) is 0 Å². The Morgan fingerprint density at radius 3 is 2.85 bits per heavy atom. The molecule has 0 amide bonds. The molecule has 4 rings (SSSR count). The van der Waals surface area contributed by atoms with Crippen LogP contribution in [0.5, 0.6) is 0 Å². The number of hydrogen-bond acceptors (Lipinski definition) is 4. The third kappa shape index (κ3) is 1.77. The summed E-state index contributed by atoms with van der Waals surface area (Å²) in [5.41, 5.74) is 4.05. The van der Waals surface area contributed by atoms with E-state index in [1.807, 2.05) is 19.1 Å². The molecule has 0 aliphatic heterocycles. The van der Waals surface area contributed by atoms with Crippen molar-refractivity contribution in [3.8, 4) is 11.3 Å². The van der Waals surface area contributed by atoms with Gasteiger partial charge in [-0.25, -0.2) is 4.98 Å².